The molecule has 1 saturated carbocycles. The third kappa shape index (κ3) is 4.30. The quantitative estimate of drug-likeness (QED) is 0.235. The van der Waals surface area contributed by atoms with E-state index in [1.165, 1.54) is 18.5 Å². The standard InChI is InChI=1S/C25H29FN8O3/c1-28-18-5-13(26)4-17-16(18)6-19-21(17)22(34-10-20(27)25(12-34)2-3-25)33-24(32-19)37-15-8-30-23(31-9-15)29-7-14(36)11-35/h4-5,8-9,14,20,28,35-36H,2-3,6-7,10-12,27H2,1H3,(H,29,30,31)/t14?,20-/m0/s1. The monoisotopic (exact) mass is 508 g/mol. The van der Waals surface area contributed by atoms with Crippen molar-refractivity contribution in [1.29, 1.82) is 0 Å². The van der Waals surface area contributed by atoms with Crippen molar-refractivity contribution >= 4 is 17.5 Å². The fraction of sp³-hybridized carbons (Fsp3) is 0.440. The van der Waals surface area contributed by atoms with Crippen molar-refractivity contribution in [2.75, 3.05) is 48.8 Å². The Kier molecular flexibility index (Phi) is 5.81. The molecule has 1 spiro atoms. The molecule has 1 unspecified atom stereocenters. The van der Waals surface area contributed by atoms with Crippen LogP contribution in [0, 0.1) is 11.2 Å². The predicted octanol–water partition coefficient (Wildman–Crippen LogP) is 1.50. The third-order valence-electron chi connectivity index (χ3n) is 7.49. The molecule has 1 aliphatic heterocycles. The number of nitrogens with two attached hydrogens (primary N) is 1. The average Bonchev–Trinajstić information content (AvgIpc) is 3.49. The number of rotatable bonds is 8. The average molecular weight is 509 g/mol. The molecule has 6 N–H and O–H groups in total. The molecule has 2 aromatic heterocycles. The highest BCUT2D eigenvalue weighted by Crippen LogP contribution is 2.54. The first-order chi connectivity index (χ1) is 17.9. The van der Waals surface area contributed by atoms with E-state index in [4.69, 9.17) is 25.5 Å². The second kappa shape index (κ2) is 9.05. The number of nitrogens with one attached hydrogen (secondary N) is 2. The van der Waals surface area contributed by atoms with Crippen LogP contribution in [-0.2, 0) is 6.42 Å². The van der Waals surface area contributed by atoms with Crippen LogP contribution >= 0.6 is 0 Å². The smallest absolute Gasteiger partial charge is 0.324 e. The summed E-state index contributed by atoms with van der Waals surface area (Å²) in [5.41, 5.74) is 10.7. The van der Waals surface area contributed by atoms with Gasteiger partial charge in [0.25, 0.3) is 0 Å². The Balaban J connectivity index is 1.34. The van der Waals surface area contributed by atoms with Crippen LogP contribution in [-0.4, -0.2) is 75.6 Å². The first-order valence-electron chi connectivity index (χ1n) is 12.3. The van der Waals surface area contributed by atoms with Gasteiger partial charge in [0.15, 0.2) is 5.75 Å². The second-order valence-corrected chi connectivity index (χ2v) is 9.97. The van der Waals surface area contributed by atoms with E-state index in [2.05, 4.69) is 25.5 Å². The van der Waals surface area contributed by atoms with Gasteiger partial charge in [0.1, 0.15) is 11.6 Å². The van der Waals surface area contributed by atoms with Gasteiger partial charge in [-0.1, -0.05) is 0 Å². The van der Waals surface area contributed by atoms with Gasteiger partial charge in [-0.05, 0) is 36.1 Å². The minimum absolute atomic E-state index is 0.0570. The minimum Gasteiger partial charge on any atom is -0.421 e. The van der Waals surface area contributed by atoms with Crippen molar-refractivity contribution in [1.82, 2.24) is 19.9 Å². The predicted molar refractivity (Wildman–Crippen MR) is 135 cm³/mol. The Bertz CT molecular complexity index is 1330. The lowest BCUT2D eigenvalue weighted by Crippen LogP contribution is -2.30. The highest BCUT2D eigenvalue weighted by molar-refractivity contribution is 5.88. The Morgan fingerprint density at radius 3 is 2.73 bits per heavy atom. The molecule has 11 nitrogen and oxygen atoms in total. The molecule has 2 aliphatic carbocycles. The van der Waals surface area contributed by atoms with E-state index in [1.54, 1.807) is 13.1 Å². The summed E-state index contributed by atoms with van der Waals surface area (Å²) in [6, 6.07) is 3.25. The number of hydrogen-bond donors (Lipinski definition) is 5. The number of fused-ring (bicyclic) bond motifs is 3. The van der Waals surface area contributed by atoms with Gasteiger partial charge in [-0.25, -0.2) is 14.4 Å². The Hall–Kier alpha value is -3.61. The zero-order valence-electron chi connectivity index (χ0n) is 20.4. The first-order valence-corrected chi connectivity index (χ1v) is 12.3. The maximum absolute atomic E-state index is 14.5. The topological polar surface area (TPSA) is 155 Å². The summed E-state index contributed by atoms with van der Waals surface area (Å²) in [6.07, 6.45) is 4.76. The van der Waals surface area contributed by atoms with Gasteiger partial charge in [-0.3, -0.25) is 0 Å². The second-order valence-electron chi connectivity index (χ2n) is 9.97. The number of aromatic nitrogens is 4. The normalized spacial score (nSPS) is 19.5. The lowest BCUT2D eigenvalue weighted by molar-refractivity contribution is 0.105. The van der Waals surface area contributed by atoms with Gasteiger partial charge >= 0.3 is 6.01 Å². The molecule has 0 amide bonds. The van der Waals surface area contributed by atoms with Gasteiger partial charge in [-0.15, -0.1) is 0 Å². The summed E-state index contributed by atoms with van der Waals surface area (Å²) in [6.45, 7) is 1.21. The molecule has 1 saturated heterocycles. The van der Waals surface area contributed by atoms with E-state index in [0.29, 0.717) is 24.5 Å². The lowest BCUT2D eigenvalue weighted by Gasteiger charge is -2.21. The summed E-state index contributed by atoms with van der Waals surface area (Å²) in [5, 5.41) is 24.4. The molecule has 1 aromatic carbocycles. The molecule has 0 radical (unpaired) electrons. The third-order valence-corrected chi connectivity index (χ3v) is 7.49. The van der Waals surface area contributed by atoms with Crippen LogP contribution < -0.4 is 26.0 Å². The SMILES string of the molecule is CNc1cc(F)cc2c1Cc1nc(Oc3cnc(NCC(O)CO)nc3)nc(N3C[C@H](N)C4(CC4)C3)c1-2. The number of hydrogen-bond acceptors (Lipinski definition) is 11. The van der Waals surface area contributed by atoms with Crippen molar-refractivity contribution in [3.63, 3.8) is 0 Å². The van der Waals surface area contributed by atoms with Crippen LogP contribution in [0.3, 0.4) is 0 Å². The zero-order chi connectivity index (χ0) is 25.7. The Labute approximate surface area is 212 Å². The molecule has 2 fully saturated rings. The van der Waals surface area contributed by atoms with Crippen LogP contribution in [0.15, 0.2) is 24.5 Å². The molecule has 37 heavy (non-hydrogen) atoms. The van der Waals surface area contributed by atoms with E-state index in [9.17, 15) is 9.50 Å². The highest BCUT2D eigenvalue weighted by Gasteiger charge is 2.54. The molecule has 194 valence electrons. The first kappa shape index (κ1) is 23.8. The van der Waals surface area contributed by atoms with Crippen LogP contribution in [0.4, 0.5) is 21.8 Å². The fourth-order valence-corrected chi connectivity index (χ4v) is 5.27. The Morgan fingerprint density at radius 2 is 2.05 bits per heavy atom. The van der Waals surface area contributed by atoms with Gasteiger partial charge in [-0.2, -0.15) is 9.97 Å². The van der Waals surface area contributed by atoms with E-state index in [0.717, 1.165) is 47.5 Å². The van der Waals surface area contributed by atoms with E-state index in [1.807, 2.05) is 0 Å². The summed E-state index contributed by atoms with van der Waals surface area (Å²) >= 11 is 0. The Morgan fingerprint density at radius 1 is 1.27 bits per heavy atom. The minimum atomic E-state index is -0.910. The number of ether oxygens (including phenoxy) is 1. The van der Waals surface area contributed by atoms with Gasteiger partial charge in [0, 0.05) is 55.8 Å². The maximum Gasteiger partial charge on any atom is 0.324 e. The molecule has 3 aromatic rings. The molecule has 3 aliphatic rings. The van der Waals surface area contributed by atoms with Crippen LogP contribution in [0.5, 0.6) is 11.8 Å². The molecular formula is C25H29FN8O3. The molecule has 0 bridgehead atoms. The summed E-state index contributed by atoms with van der Waals surface area (Å²) in [5.74, 6) is 1.00. The van der Waals surface area contributed by atoms with Crippen LogP contribution in [0.2, 0.25) is 0 Å². The number of anilines is 3. The molecule has 2 atom stereocenters. The fourth-order valence-electron chi connectivity index (χ4n) is 5.27. The number of benzene rings is 1. The summed E-state index contributed by atoms with van der Waals surface area (Å²) in [7, 11) is 1.78. The molecular weight excluding hydrogens is 479 g/mol. The van der Waals surface area contributed by atoms with Gasteiger partial charge in [0.2, 0.25) is 5.95 Å². The highest BCUT2D eigenvalue weighted by atomic mass is 19.1. The van der Waals surface area contributed by atoms with Gasteiger partial charge in [0.05, 0.1) is 30.8 Å². The maximum atomic E-state index is 14.5. The number of halogens is 1. The van der Waals surface area contributed by atoms with Crippen molar-refractivity contribution in [3.8, 4) is 22.9 Å². The molecule has 6 rings (SSSR count). The van der Waals surface area contributed by atoms with E-state index >= 15 is 0 Å². The lowest BCUT2D eigenvalue weighted by atomic mass is 10.0. The van der Waals surface area contributed by atoms with E-state index < -0.39 is 6.10 Å². The number of aliphatic hydroxyl groups excluding tert-OH is 2. The zero-order valence-corrected chi connectivity index (χ0v) is 20.4. The van der Waals surface area contributed by atoms with E-state index in [-0.39, 0.29) is 42.4 Å². The molecule has 12 heteroatoms. The largest absolute Gasteiger partial charge is 0.421 e. The number of nitrogens with zero attached hydrogens (tertiary/aromatic N) is 5. The van der Waals surface area contributed by atoms with Crippen molar-refractivity contribution in [2.45, 2.75) is 31.4 Å². The van der Waals surface area contributed by atoms with Crippen molar-refractivity contribution in [3.05, 3.63) is 41.6 Å². The van der Waals surface area contributed by atoms with Crippen molar-refractivity contribution < 1.29 is 19.3 Å². The van der Waals surface area contributed by atoms with Gasteiger partial charge < -0.3 is 36.2 Å². The summed E-state index contributed by atoms with van der Waals surface area (Å²) in [4.78, 5) is 20.0. The van der Waals surface area contributed by atoms with Crippen molar-refractivity contribution in [2.24, 2.45) is 11.1 Å². The summed E-state index contributed by atoms with van der Waals surface area (Å²) < 4.78 is 20.5. The van der Waals surface area contributed by atoms with Crippen LogP contribution in [0.25, 0.3) is 11.1 Å². The number of aliphatic hydroxyl groups is 2. The molecule has 3 heterocycles. The van der Waals surface area contributed by atoms with Crippen LogP contribution in [0.1, 0.15) is 24.1 Å².